The number of rotatable bonds is 4. The van der Waals surface area contributed by atoms with E-state index in [2.05, 4.69) is 20.9 Å². The van der Waals surface area contributed by atoms with E-state index in [4.69, 9.17) is 15.0 Å². The molecule has 0 aromatic carbocycles. The van der Waals surface area contributed by atoms with Gasteiger partial charge in [0, 0.05) is 28.9 Å². The molecule has 1 aromatic heterocycles. The Hall–Kier alpha value is -0.825. The normalized spacial score (nSPS) is 19.6. The van der Waals surface area contributed by atoms with E-state index < -0.39 is 18.3 Å². The van der Waals surface area contributed by atoms with Gasteiger partial charge in [0.15, 0.2) is 5.12 Å². The summed E-state index contributed by atoms with van der Waals surface area (Å²) in [5.41, 5.74) is 6.69. The van der Waals surface area contributed by atoms with Crippen LogP contribution in [0.5, 0.6) is 0 Å². The maximum atomic E-state index is 11.4. The van der Waals surface area contributed by atoms with E-state index in [-0.39, 0.29) is 5.12 Å². The van der Waals surface area contributed by atoms with E-state index in [0.717, 1.165) is 15.5 Å². The van der Waals surface area contributed by atoms with Crippen LogP contribution in [0.25, 0.3) is 6.08 Å². The molecule has 0 radical (unpaired) electrons. The first-order chi connectivity index (χ1) is 11.0. The highest BCUT2D eigenvalue weighted by molar-refractivity contribution is 9.10. The number of carbonyl (C=O) groups is 1. The van der Waals surface area contributed by atoms with E-state index in [9.17, 15) is 4.79 Å². The molecule has 0 saturated carbocycles. The number of carbonyl (C=O) groups excluding carboxylic acids is 1. The molecule has 1 aliphatic rings. The SMILES string of the molecule is CC(=O)SCC(=Cc1cc(Br)cnc1N)B1OC(C)(C)C(C)(C)O1. The van der Waals surface area contributed by atoms with Gasteiger partial charge in [0.05, 0.1) is 11.2 Å². The maximum absolute atomic E-state index is 11.4. The number of halogens is 1. The van der Waals surface area contributed by atoms with Gasteiger partial charge in [-0.1, -0.05) is 17.8 Å². The maximum Gasteiger partial charge on any atom is 0.491 e. The molecule has 1 fully saturated rings. The molecule has 1 aliphatic heterocycles. The lowest BCUT2D eigenvalue weighted by Gasteiger charge is -2.32. The summed E-state index contributed by atoms with van der Waals surface area (Å²) in [5, 5.41) is 0.0396. The molecule has 2 heterocycles. The summed E-state index contributed by atoms with van der Waals surface area (Å²) < 4.78 is 13.1. The summed E-state index contributed by atoms with van der Waals surface area (Å²) in [6, 6.07) is 1.88. The largest absolute Gasteiger partial charge is 0.491 e. The van der Waals surface area contributed by atoms with Crippen molar-refractivity contribution in [2.75, 3.05) is 11.5 Å². The van der Waals surface area contributed by atoms with Gasteiger partial charge in [-0.3, -0.25) is 4.79 Å². The summed E-state index contributed by atoms with van der Waals surface area (Å²) in [7, 11) is -0.528. The van der Waals surface area contributed by atoms with Crippen LogP contribution in [0.3, 0.4) is 0 Å². The van der Waals surface area contributed by atoms with Crippen LogP contribution in [0.2, 0.25) is 0 Å². The second kappa shape index (κ2) is 7.19. The number of anilines is 1. The Morgan fingerprint density at radius 2 is 1.96 bits per heavy atom. The van der Waals surface area contributed by atoms with Crippen LogP contribution in [-0.2, 0) is 14.1 Å². The van der Waals surface area contributed by atoms with Gasteiger partial charge in [-0.2, -0.15) is 0 Å². The highest BCUT2D eigenvalue weighted by Crippen LogP contribution is 2.39. The van der Waals surface area contributed by atoms with Crippen molar-refractivity contribution in [1.29, 1.82) is 0 Å². The molecule has 0 atom stereocenters. The number of hydrogen-bond acceptors (Lipinski definition) is 6. The van der Waals surface area contributed by atoms with Crippen molar-refractivity contribution in [3.63, 3.8) is 0 Å². The Bertz CT molecular complexity index is 663. The third-order valence-corrected chi connectivity index (χ3v) is 5.57. The van der Waals surface area contributed by atoms with E-state index in [0.29, 0.717) is 11.6 Å². The van der Waals surface area contributed by atoms with E-state index in [1.54, 1.807) is 13.1 Å². The molecule has 8 heteroatoms. The minimum Gasteiger partial charge on any atom is -0.400 e. The van der Waals surface area contributed by atoms with Crippen LogP contribution >= 0.6 is 27.7 Å². The summed E-state index contributed by atoms with van der Waals surface area (Å²) in [6.07, 6.45) is 3.54. The summed E-state index contributed by atoms with van der Waals surface area (Å²) in [6.45, 7) is 9.53. The standard InChI is InChI=1S/C16H22BBrN2O3S/c1-10(21)24-9-12(6-11-7-13(18)8-20-14(11)19)17-22-15(2,3)16(4,5)23-17/h6-8H,9H2,1-5H3,(H2,19,20). The van der Waals surface area contributed by atoms with Crippen molar-refractivity contribution in [3.05, 3.63) is 27.8 Å². The third-order valence-electron chi connectivity index (χ3n) is 4.26. The minimum atomic E-state index is -0.528. The number of nitrogens with zero attached hydrogens (tertiary/aromatic N) is 1. The predicted molar refractivity (Wildman–Crippen MR) is 104 cm³/mol. The zero-order valence-corrected chi connectivity index (χ0v) is 17.0. The van der Waals surface area contributed by atoms with Crippen LogP contribution in [0.15, 0.2) is 22.2 Å². The smallest absolute Gasteiger partial charge is 0.400 e. The fourth-order valence-corrected chi connectivity index (χ4v) is 3.08. The Morgan fingerprint density at radius 3 is 2.50 bits per heavy atom. The Balaban J connectivity index is 2.37. The fourth-order valence-electron chi connectivity index (χ4n) is 2.14. The summed E-state index contributed by atoms with van der Waals surface area (Å²) in [4.78, 5) is 15.5. The fraction of sp³-hybridized carbons (Fsp3) is 0.500. The zero-order chi connectivity index (χ0) is 18.1. The Labute approximate surface area is 156 Å². The quantitative estimate of drug-likeness (QED) is 0.759. The lowest BCUT2D eigenvalue weighted by atomic mass is 9.78. The third kappa shape index (κ3) is 4.42. The highest BCUT2D eigenvalue weighted by Gasteiger charge is 2.52. The van der Waals surface area contributed by atoms with Gasteiger partial charge in [0.2, 0.25) is 0 Å². The average molecular weight is 413 g/mol. The molecular formula is C16H22BBrN2O3S. The molecular weight excluding hydrogens is 391 g/mol. The topological polar surface area (TPSA) is 74.4 Å². The van der Waals surface area contributed by atoms with Gasteiger partial charge in [-0.25, -0.2) is 4.98 Å². The van der Waals surface area contributed by atoms with E-state index in [1.807, 2.05) is 39.8 Å². The van der Waals surface area contributed by atoms with Crippen LogP contribution in [-0.4, -0.2) is 34.2 Å². The average Bonchev–Trinajstić information content (AvgIpc) is 2.66. The van der Waals surface area contributed by atoms with Gasteiger partial charge in [0.1, 0.15) is 5.82 Å². The Morgan fingerprint density at radius 1 is 1.38 bits per heavy atom. The molecule has 5 nitrogen and oxygen atoms in total. The summed E-state index contributed by atoms with van der Waals surface area (Å²) >= 11 is 4.61. The lowest BCUT2D eigenvalue weighted by molar-refractivity contribution is -0.109. The second-order valence-electron chi connectivity index (χ2n) is 6.72. The monoisotopic (exact) mass is 412 g/mol. The van der Waals surface area contributed by atoms with Crippen molar-refractivity contribution in [1.82, 2.24) is 4.98 Å². The molecule has 2 rings (SSSR count). The zero-order valence-electron chi connectivity index (χ0n) is 14.6. The molecule has 0 bridgehead atoms. The molecule has 1 saturated heterocycles. The molecule has 24 heavy (non-hydrogen) atoms. The molecule has 2 N–H and O–H groups in total. The number of thioether (sulfide) groups is 1. The van der Waals surface area contributed by atoms with Gasteiger partial charge in [0.25, 0.3) is 0 Å². The van der Waals surface area contributed by atoms with E-state index in [1.165, 1.54) is 11.8 Å². The number of nitrogens with two attached hydrogens (primary N) is 1. The molecule has 0 spiro atoms. The first-order valence-electron chi connectivity index (χ1n) is 7.62. The van der Waals surface area contributed by atoms with Crippen LogP contribution in [0, 0.1) is 0 Å². The van der Waals surface area contributed by atoms with Gasteiger partial charge in [-0.15, -0.1) is 0 Å². The molecule has 130 valence electrons. The molecule has 0 unspecified atom stereocenters. The van der Waals surface area contributed by atoms with Crippen LogP contribution < -0.4 is 5.73 Å². The van der Waals surface area contributed by atoms with Crippen molar-refractivity contribution in [2.45, 2.75) is 45.8 Å². The minimum absolute atomic E-state index is 0.0396. The number of aromatic nitrogens is 1. The van der Waals surface area contributed by atoms with E-state index >= 15 is 0 Å². The molecule has 1 aromatic rings. The number of nitrogen functional groups attached to an aromatic ring is 1. The number of hydrogen-bond donors (Lipinski definition) is 1. The summed E-state index contributed by atoms with van der Waals surface area (Å²) in [5.74, 6) is 0.887. The van der Waals surface area contributed by atoms with Crippen molar-refractivity contribution >= 4 is 51.8 Å². The molecule has 0 aliphatic carbocycles. The van der Waals surface area contributed by atoms with Crippen molar-refractivity contribution in [2.24, 2.45) is 0 Å². The predicted octanol–water partition coefficient (Wildman–Crippen LogP) is 3.72. The van der Waals surface area contributed by atoms with Crippen LogP contribution in [0.1, 0.15) is 40.2 Å². The van der Waals surface area contributed by atoms with Crippen molar-refractivity contribution in [3.8, 4) is 0 Å². The van der Waals surface area contributed by atoms with Crippen LogP contribution in [0.4, 0.5) is 5.82 Å². The highest BCUT2D eigenvalue weighted by atomic mass is 79.9. The Kier molecular flexibility index (Phi) is 5.85. The lowest BCUT2D eigenvalue weighted by Crippen LogP contribution is -2.41. The van der Waals surface area contributed by atoms with Gasteiger partial charge < -0.3 is 15.0 Å². The molecule has 0 amide bonds. The number of pyridine rings is 1. The first-order valence-corrected chi connectivity index (χ1v) is 9.40. The first kappa shape index (κ1) is 19.5. The van der Waals surface area contributed by atoms with Crippen molar-refractivity contribution < 1.29 is 14.1 Å². The van der Waals surface area contributed by atoms with Gasteiger partial charge >= 0.3 is 7.12 Å². The second-order valence-corrected chi connectivity index (χ2v) is 8.78. The van der Waals surface area contributed by atoms with Gasteiger partial charge in [-0.05, 0) is 55.2 Å².